The number of esters is 1. The number of aromatic nitrogens is 1. The van der Waals surface area contributed by atoms with Crippen molar-refractivity contribution in [3.05, 3.63) is 90.1 Å². The second-order valence-electron chi connectivity index (χ2n) is 7.89. The lowest BCUT2D eigenvalue weighted by molar-refractivity contribution is -0.143. The average Bonchev–Trinajstić information content (AvgIpc) is 2.84. The summed E-state index contributed by atoms with van der Waals surface area (Å²) in [4.78, 5) is 17.1. The Morgan fingerprint density at radius 1 is 0.938 bits per heavy atom. The number of fused-ring (bicyclic) bond motifs is 1. The number of aryl methyl sites for hydroxylation is 1. The summed E-state index contributed by atoms with van der Waals surface area (Å²) in [5.74, 6) is -0.359. The molecule has 1 atom stereocenters. The van der Waals surface area contributed by atoms with Gasteiger partial charge in [-0.15, -0.1) is 0 Å². The lowest BCUT2D eigenvalue weighted by Gasteiger charge is -2.17. The van der Waals surface area contributed by atoms with Gasteiger partial charge in [0.15, 0.2) is 0 Å². The van der Waals surface area contributed by atoms with Crippen LogP contribution in [0.3, 0.4) is 0 Å². The molecule has 0 bridgehead atoms. The Morgan fingerprint density at radius 2 is 1.69 bits per heavy atom. The van der Waals surface area contributed by atoms with Gasteiger partial charge in [-0.25, -0.2) is 4.79 Å². The molecular formula is C28H28N2O2. The van der Waals surface area contributed by atoms with Crippen LogP contribution in [-0.4, -0.2) is 25.1 Å². The molecule has 4 heteroatoms. The average molecular weight is 425 g/mol. The van der Waals surface area contributed by atoms with Crippen molar-refractivity contribution in [1.82, 2.24) is 10.3 Å². The Labute approximate surface area is 189 Å². The van der Waals surface area contributed by atoms with E-state index >= 15 is 0 Å². The summed E-state index contributed by atoms with van der Waals surface area (Å²) in [7, 11) is 3.13. The molecule has 0 aliphatic heterocycles. The zero-order valence-electron chi connectivity index (χ0n) is 18.8. The molecule has 1 unspecified atom stereocenters. The fourth-order valence-corrected chi connectivity index (χ4v) is 4.13. The summed E-state index contributed by atoms with van der Waals surface area (Å²) >= 11 is 0. The van der Waals surface area contributed by atoms with Crippen molar-refractivity contribution in [2.24, 2.45) is 0 Å². The Kier molecular flexibility index (Phi) is 6.62. The summed E-state index contributed by atoms with van der Waals surface area (Å²) < 4.78 is 4.98. The molecular weight excluding hydrogens is 396 g/mol. The molecule has 0 fully saturated rings. The molecule has 4 nitrogen and oxygen atoms in total. The molecule has 0 aliphatic rings. The highest BCUT2D eigenvalue weighted by Crippen LogP contribution is 2.33. The van der Waals surface area contributed by atoms with E-state index in [4.69, 9.17) is 9.72 Å². The van der Waals surface area contributed by atoms with Crippen LogP contribution in [0, 0.1) is 0 Å². The van der Waals surface area contributed by atoms with Gasteiger partial charge in [-0.2, -0.15) is 0 Å². The van der Waals surface area contributed by atoms with Gasteiger partial charge >= 0.3 is 5.97 Å². The zero-order chi connectivity index (χ0) is 22.5. The normalized spacial score (nSPS) is 12.0. The lowest BCUT2D eigenvalue weighted by Crippen LogP contribution is -2.27. The molecule has 4 rings (SSSR count). The predicted molar refractivity (Wildman–Crippen MR) is 130 cm³/mol. The fraction of sp³-hybridized carbons (Fsp3) is 0.214. The number of carbonyl (C=O) groups is 1. The molecule has 3 aromatic carbocycles. The number of ether oxygens (including phenoxy) is 1. The van der Waals surface area contributed by atoms with Crippen molar-refractivity contribution in [2.45, 2.75) is 25.8 Å². The van der Waals surface area contributed by atoms with Crippen LogP contribution in [0.5, 0.6) is 0 Å². The predicted octanol–water partition coefficient (Wildman–Crippen LogP) is 5.95. The third kappa shape index (κ3) is 4.41. The molecule has 0 amide bonds. The van der Waals surface area contributed by atoms with Crippen LogP contribution in [-0.2, 0) is 16.0 Å². The summed E-state index contributed by atoms with van der Waals surface area (Å²) in [6, 6.07) is 26.6. The Morgan fingerprint density at radius 3 is 2.41 bits per heavy atom. The van der Waals surface area contributed by atoms with Gasteiger partial charge in [-0.1, -0.05) is 74.0 Å². The number of rotatable bonds is 7. The molecule has 162 valence electrons. The Hall–Kier alpha value is -3.50. The van der Waals surface area contributed by atoms with Gasteiger partial charge in [-0.3, -0.25) is 4.98 Å². The Balaban J connectivity index is 1.91. The van der Waals surface area contributed by atoms with Crippen molar-refractivity contribution in [2.75, 3.05) is 14.2 Å². The summed E-state index contributed by atoms with van der Waals surface area (Å²) in [6.07, 6.45) is 2.19. The summed E-state index contributed by atoms with van der Waals surface area (Å²) in [5.41, 5.74) is 7.31. The highest BCUT2D eigenvalue weighted by Gasteiger charge is 2.22. The van der Waals surface area contributed by atoms with Gasteiger partial charge in [0.1, 0.15) is 6.04 Å². The first-order chi connectivity index (χ1) is 15.6. The van der Waals surface area contributed by atoms with Gasteiger partial charge in [0.25, 0.3) is 0 Å². The first kappa shape index (κ1) is 21.7. The van der Waals surface area contributed by atoms with E-state index in [1.807, 2.05) is 30.3 Å². The minimum atomic E-state index is -0.628. The van der Waals surface area contributed by atoms with Crippen LogP contribution in [0.1, 0.15) is 30.6 Å². The van der Waals surface area contributed by atoms with Crippen LogP contribution in [0.25, 0.3) is 33.2 Å². The van der Waals surface area contributed by atoms with E-state index in [9.17, 15) is 4.79 Å². The molecule has 1 heterocycles. The maximum atomic E-state index is 12.3. The van der Waals surface area contributed by atoms with Crippen LogP contribution in [0.4, 0.5) is 0 Å². The highest BCUT2D eigenvalue weighted by atomic mass is 16.5. The quantitative estimate of drug-likeness (QED) is 0.372. The van der Waals surface area contributed by atoms with Crippen molar-refractivity contribution >= 4 is 16.9 Å². The largest absolute Gasteiger partial charge is 0.468 e. The van der Waals surface area contributed by atoms with Crippen LogP contribution in [0.2, 0.25) is 0 Å². The van der Waals surface area contributed by atoms with Gasteiger partial charge in [0.2, 0.25) is 0 Å². The monoisotopic (exact) mass is 424 g/mol. The minimum Gasteiger partial charge on any atom is -0.468 e. The number of carbonyl (C=O) groups excluding carboxylic acids is 1. The number of benzene rings is 3. The van der Waals surface area contributed by atoms with Crippen molar-refractivity contribution in [3.8, 4) is 22.3 Å². The first-order valence-corrected chi connectivity index (χ1v) is 11.0. The van der Waals surface area contributed by atoms with Gasteiger partial charge in [0.05, 0.1) is 18.3 Å². The maximum Gasteiger partial charge on any atom is 0.329 e. The van der Waals surface area contributed by atoms with Crippen molar-refractivity contribution < 1.29 is 9.53 Å². The molecule has 1 N–H and O–H groups in total. The smallest absolute Gasteiger partial charge is 0.329 e. The van der Waals surface area contributed by atoms with E-state index in [1.165, 1.54) is 18.2 Å². The molecule has 0 spiro atoms. The number of likely N-dealkylation sites (N-methyl/N-ethyl adjacent to an activating group) is 1. The third-order valence-corrected chi connectivity index (χ3v) is 5.73. The molecule has 4 aromatic rings. The SMILES string of the molecule is CCCc1cccc(-c2ccc3nc(C(NC)C(=O)OC)cc(-c4ccccc4)c3c2)c1. The van der Waals surface area contributed by atoms with Crippen molar-refractivity contribution in [3.63, 3.8) is 0 Å². The number of nitrogens with zero attached hydrogens (tertiary/aromatic N) is 1. The molecule has 0 radical (unpaired) electrons. The van der Waals surface area contributed by atoms with E-state index < -0.39 is 6.04 Å². The number of nitrogens with one attached hydrogen (secondary N) is 1. The minimum absolute atomic E-state index is 0.359. The van der Waals surface area contributed by atoms with E-state index in [2.05, 4.69) is 60.8 Å². The van der Waals surface area contributed by atoms with Gasteiger partial charge < -0.3 is 10.1 Å². The summed E-state index contributed by atoms with van der Waals surface area (Å²) in [5, 5.41) is 4.08. The van der Waals surface area contributed by atoms with E-state index in [-0.39, 0.29) is 5.97 Å². The standard InChI is InChI=1S/C28H28N2O2/c1-4-9-19-10-8-13-21(16-19)22-14-15-25-24(17-22)23(20-11-6-5-7-12-20)18-26(30-25)27(29-2)28(31)32-3/h5-8,10-18,27,29H,4,9H2,1-3H3. The number of methoxy groups -OCH3 is 1. The second-order valence-corrected chi connectivity index (χ2v) is 7.89. The Bertz CT molecular complexity index is 1230. The zero-order valence-corrected chi connectivity index (χ0v) is 18.8. The highest BCUT2D eigenvalue weighted by molar-refractivity contribution is 5.97. The maximum absolute atomic E-state index is 12.3. The van der Waals surface area contributed by atoms with Crippen LogP contribution < -0.4 is 5.32 Å². The molecule has 0 saturated carbocycles. The molecule has 0 saturated heterocycles. The van der Waals surface area contributed by atoms with E-state index in [0.717, 1.165) is 40.4 Å². The van der Waals surface area contributed by atoms with E-state index in [1.54, 1.807) is 7.05 Å². The molecule has 1 aromatic heterocycles. The summed E-state index contributed by atoms with van der Waals surface area (Å²) in [6.45, 7) is 2.20. The van der Waals surface area contributed by atoms with Gasteiger partial charge in [0, 0.05) is 5.39 Å². The van der Waals surface area contributed by atoms with Crippen LogP contribution >= 0.6 is 0 Å². The van der Waals surface area contributed by atoms with Crippen LogP contribution in [0.15, 0.2) is 78.9 Å². The van der Waals surface area contributed by atoms with Crippen molar-refractivity contribution in [1.29, 1.82) is 0 Å². The molecule has 32 heavy (non-hydrogen) atoms. The lowest BCUT2D eigenvalue weighted by atomic mass is 9.94. The molecule has 0 aliphatic carbocycles. The number of pyridine rings is 1. The fourth-order valence-electron chi connectivity index (χ4n) is 4.13. The first-order valence-electron chi connectivity index (χ1n) is 11.0. The number of hydrogen-bond donors (Lipinski definition) is 1. The van der Waals surface area contributed by atoms with Gasteiger partial charge in [-0.05, 0) is 59.5 Å². The third-order valence-electron chi connectivity index (χ3n) is 5.73. The van der Waals surface area contributed by atoms with E-state index in [0.29, 0.717) is 5.69 Å². The second kappa shape index (κ2) is 9.75. The topological polar surface area (TPSA) is 51.2 Å². The number of hydrogen-bond acceptors (Lipinski definition) is 4.